The topological polar surface area (TPSA) is 32.3 Å². The van der Waals surface area contributed by atoms with Gasteiger partial charge in [0.15, 0.2) is 0 Å². The van der Waals surface area contributed by atoms with E-state index in [9.17, 15) is 4.79 Å². The molecule has 2 aliphatic carbocycles. The number of rotatable bonds is 2. The normalized spacial score (nSPS) is 41.7. The maximum absolute atomic E-state index is 12.2. The molecule has 3 fully saturated rings. The average Bonchev–Trinajstić information content (AvgIpc) is 2.91. The fraction of sp³-hybridized carbons (Fsp3) is 0.929. The van der Waals surface area contributed by atoms with Crippen molar-refractivity contribution in [3.63, 3.8) is 0 Å². The maximum Gasteiger partial charge on any atom is 0.224 e. The zero-order valence-electron chi connectivity index (χ0n) is 10.8. The number of nitrogens with zero attached hydrogens (tertiary/aromatic N) is 1. The van der Waals surface area contributed by atoms with E-state index in [-0.39, 0.29) is 5.92 Å². The monoisotopic (exact) mass is 236 g/mol. The molecule has 0 radical (unpaired) electrons. The van der Waals surface area contributed by atoms with Gasteiger partial charge in [0.05, 0.1) is 5.92 Å². The summed E-state index contributed by atoms with van der Waals surface area (Å²) in [6.45, 7) is 2.10. The number of hydrogen-bond donors (Lipinski definition) is 1. The summed E-state index contributed by atoms with van der Waals surface area (Å²) < 4.78 is 0. The van der Waals surface area contributed by atoms with Crippen molar-refractivity contribution in [1.29, 1.82) is 0 Å². The van der Waals surface area contributed by atoms with E-state index in [0.29, 0.717) is 11.9 Å². The molecule has 0 aromatic heterocycles. The van der Waals surface area contributed by atoms with Crippen LogP contribution in [-0.2, 0) is 4.79 Å². The average molecular weight is 236 g/mol. The number of piperidine rings is 1. The van der Waals surface area contributed by atoms with Gasteiger partial charge in [-0.1, -0.05) is 6.42 Å². The minimum absolute atomic E-state index is 0.243. The quantitative estimate of drug-likeness (QED) is 0.790. The molecule has 3 rings (SSSR count). The molecule has 0 aromatic rings. The minimum Gasteiger partial charge on any atom is -0.353 e. The van der Waals surface area contributed by atoms with Crippen LogP contribution < -0.4 is 5.32 Å². The second kappa shape index (κ2) is 4.60. The molecule has 2 bridgehead atoms. The Balaban J connectivity index is 1.53. The number of nitrogens with one attached hydrogen (secondary N) is 1. The van der Waals surface area contributed by atoms with Crippen LogP contribution in [0.5, 0.6) is 0 Å². The van der Waals surface area contributed by atoms with Crippen molar-refractivity contribution < 1.29 is 4.79 Å². The van der Waals surface area contributed by atoms with E-state index in [1.807, 2.05) is 0 Å². The highest BCUT2D eigenvalue weighted by atomic mass is 16.2. The Bertz CT molecular complexity index is 305. The van der Waals surface area contributed by atoms with E-state index in [0.717, 1.165) is 31.3 Å². The predicted molar refractivity (Wildman–Crippen MR) is 67.6 cm³/mol. The molecule has 2 saturated carbocycles. The molecule has 4 atom stereocenters. The molecule has 3 aliphatic rings. The lowest BCUT2D eigenvalue weighted by molar-refractivity contribution is -0.127. The van der Waals surface area contributed by atoms with E-state index < -0.39 is 0 Å². The second-order valence-electron chi connectivity index (χ2n) is 6.39. The highest BCUT2D eigenvalue weighted by Crippen LogP contribution is 2.44. The van der Waals surface area contributed by atoms with Crippen LogP contribution in [-0.4, -0.2) is 37.0 Å². The van der Waals surface area contributed by atoms with Crippen molar-refractivity contribution in [2.75, 3.05) is 20.1 Å². The van der Waals surface area contributed by atoms with E-state index in [1.54, 1.807) is 0 Å². The van der Waals surface area contributed by atoms with Crippen molar-refractivity contribution in [3.8, 4) is 0 Å². The summed E-state index contributed by atoms with van der Waals surface area (Å²) in [5, 5.41) is 3.33. The number of likely N-dealkylation sites (tertiary alicyclic amines) is 1. The lowest BCUT2D eigenvalue weighted by atomic mass is 9.93. The maximum atomic E-state index is 12.2. The Labute approximate surface area is 104 Å². The standard InChI is InChI=1S/C14H24N2O/c1-16-6-2-3-12(9-16)14(17)15-13-8-10-4-5-11(13)7-10/h10-13H,2-9H2,1H3,(H,15,17)/t10-,11+,12-,13+/m0/s1. The number of carbonyl (C=O) groups is 1. The smallest absolute Gasteiger partial charge is 0.224 e. The highest BCUT2D eigenvalue weighted by molar-refractivity contribution is 5.79. The van der Waals surface area contributed by atoms with Crippen LogP contribution in [0, 0.1) is 17.8 Å². The lowest BCUT2D eigenvalue weighted by Gasteiger charge is -2.31. The zero-order valence-corrected chi connectivity index (χ0v) is 10.8. The first-order chi connectivity index (χ1) is 8.22. The van der Waals surface area contributed by atoms with Crippen molar-refractivity contribution in [1.82, 2.24) is 10.2 Å². The molecule has 1 heterocycles. The van der Waals surface area contributed by atoms with Crippen molar-refractivity contribution in [2.45, 2.75) is 44.6 Å². The predicted octanol–water partition coefficient (Wildman–Crippen LogP) is 1.63. The molecule has 3 nitrogen and oxygen atoms in total. The third kappa shape index (κ3) is 2.35. The van der Waals surface area contributed by atoms with Crippen LogP contribution in [0.2, 0.25) is 0 Å². The third-order valence-electron chi connectivity index (χ3n) is 5.06. The van der Waals surface area contributed by atoms with Gasteiger partial charge >= 0.3 is 0 Å². The van der Waals surface area contributed by atoms with E-state index in [2.05, 4.69) is 17.3 Å². The Morgan fingerprint density at radius 1 is 1.24 bits per heavy atom. The SMILES string of the molecule is CN1CCC[C@H](C(=O)N[C@@H]2C[C@H]3CC[C@@H]2C3)C1. The van der Waals surface area contributed by atoms with Crippen LogP contribution in [0.3, 0.4) is 0 Å². The molecule has 1 saturated heterocycles. The first-order valence-electron chi connectivity index (χ1n) is 7.21. The molecule has 1 aliphatic heterocycles. The van der Waals surface area contributed by atoms with Gasteiger partial charge in [0.2, 0.25) is 5.91 Å². The van der Waals surface area contributed by atoms with Crippen LogP contribution in [0.25, 0.3) is 0 Å². The first kappa shape index (κ1) is 11.5. The lowest BCUT2D eigenvalue weighted by Crippen LogP contribution is -2.46. The van der Waals surface area contributed by atoms with Gasteiger partial charge in [0.25, 0.3) is 0 Å². The molecule has 0 aromatic carbocycles. The zero-order chi connectivity index (χ0) is 11.8. The number of fused-ring (bicyclic) bond motifs is 2. The summed E-state index contributed by atoms with van der Waals surface area (Å²) in [7, 11) is 2.12. The summed E-state index contributed by atoms with van der Waals surface area (Å²) in [5.74, 6) is 2.28. The van der Waals surface area contributed by atoms with Crippen LogP contribution in [0.15, 0.2) is 0 Å². The fourth-order valence-corrected chi connectivity index (χ4v) is 4.10. The second-order valence-corrected chi connectivity index (χ2v) is 6.39. The van der Waals surface area contributed by atoms with Crippen LogP contribution in [0.1, 0.15) is 38.5 Å². The molecule has 1 N–H and O–H groups in total. The van der Waals surface area contributed by atoms with Gasteiger partial charge in [-0.15, -0.1) is 0 Å². The van der Waals surface area contributed by atoms with E-state index in [1.165, 1.54) is 32.1 Å². The Morgan fingerprint density at radius 3 is 2.76 bits per heavy atom. The summed E-state index contributed by atoms with van der Waals surface area (Å²) in [6.07, 6.45) is 7.63. The molecule has 0 spiro atoms. The van der Waals surface area contributed by atoms with Gasteiger partial charge in [0.1, 0.15) is 0 Å². The molecule has 96 valence electrons. The first-order valence-corrected chi connectivity index (χ1v) is 7.21. The Hall–Kier alpha value is -0.570. The number of carbonyl (C=O) groups excluding carboxylic acids is 1. The summed E-state index contributed by atoms with van der Waals surface area (Å²) in [6, 6.07) is 0.508. The molecular weight excluding hydrogens is 212 g/mol. The number of hydrogen-bond acceptors (Lipinski definition) is 2. The van der Waals surface area contributed by atoms with Gasteiger partial charge in [-0.25, -0.2) is 0 Å². The van der Waals surface area contributed by atoms with Crippen LogP contribution in [0.4, 0.5) is 0 Å². The van der Waals surface area contributed by atoms with E-state index in [4.69, 9.17) is 0 Å². The minimum atomic E-state index is 0.243. The molecule has 3 heteroatoms. The van der Waals surface area contributed by atoms with Gasteiger partial charge in [-0.3, -0.25) is 4.79 Å². The summed E-state index contributed by atoms with van der Waals surface area (Å²) in [4.78, 5) is 14.5. The van der Waals surface area contributed by atoms with Crippen molar-refractivity contribution in [2.24, 2.45) is 17.8 Å². The van der Waals surface area contributed by atoms with Crippen molar-refractivity contribution >= 4 is 5.91 Å². The Kier molecular flexibility index (Phi) is 3.12. The largest absolute Gasteiger partial charge is 0.353 e. The van der Waals surface area contributed by atoms with Crippen LogP contribution >= 0.6 is 0 Å². The summed E-state index contributed by atoms with van der Waals surface area (Å²) >= 11 is 0. The molecule has 1 amide bonds. The molecular formula is C14H24N2O. The van der Waals surface area contributed by atoms with E-state index >= 15 is 0 Å². The molecule has 0 unspecified atom stereocenters. The fourth-order valence-electron chi connectivity index (χ4n) is 4.10. The highest BCUT2D eigenvalue weighted by Gasteiger charge is 2.40. The van der Waals surface area contributed by atoms with Gasteiger partial charge in [-0.05, 0) is 57.5 Å². The van der Waals surface area contributed by atoms with Crippen molar-refractivity contribution in [3.05, 3.63) is 0 Å². The third-order valence-corrected chi connectivity index (χ3v) is 5.06. The Morgan fingerprint density at radius 2 is 2.12 bits per heavy atom. The summed E-state index contributed by atoms with van der Waals surface area (Å²) in [5.41, 5.74) is 0. The van der Waals surface area contributed by atoms with Gasteiger partial charge in [-0.2, -0.15) is 0 Å². The number of amides is 1. The van der Waals surface area contributed by atoms with Gasteiger partial charge in [0, 0.05) is 12.6 Å². The van der Waals surface area contributed by atoms with Gasteiger partial charge < -0.3 is 10.2 Å². The molecule has 17 heavy (non-hydrogen) atoms.